The van der Waals surface area contributed by atoms with E-state index in [1.54, 1.807) is 0 Å². The van der Waals surface area contributed by atoms with Crippen LogP contribution in [0.2, 0.25) is 0 Å². The van der Waals surface area contributed by atoms with Gasteiger partial charge in [-0.1, -0.05) is 6.07 Å². The number of likely N-dealkylation sites (tertiary alicyclic amines) is 2. The number of hydrogen-bond acceptors (Lipinski definition) is 3. The first-order valence-electron chi connectivity index (χ1n) is 9.86. The quantitative estimate of drug-likeness (QED) is 0.902. The Morgan fingerprint density at radius 2 is 1.89 bits per heavy atom. The van der Waals surface area contributed by atoms with Crippen LogP contribution in [-0.2, 0) is 11.3 Å². The fourth-order valence-corrected chi connectivity index (χ4v) is 4.14. The van der Waals surface area contributed by atoms with Gasteiger partial charge >= 0.3 is 6.03 Å². The third-order valence-electron chi connectivity index (χ3n) is 5.78. The molecule has 4 heterocycles. The Morgan fingerprint density at radius 1 is 1.15 bits per heavy atom. The van der Waals surface area contributed by atoms with E-state index in [1.807, 2.05) is 45.7 Å². The first-order chi connectivity index (χ1) is 13.1. The third kappa shape index (κ3) is 3.63. The lowest BCUT2D eigenvalue weighted by Crippen LogP contribution is -2.47. The van der Waals surface area contributed by atoms with Crippen LogP contribution in [0.3, 0.4) is 0 Å². The molecule has 2 fully saturated rings. The van der Waals surface area contributed by atoms with E-state index in [1.165, 1.54) is 0 Å². The van der Waals surface area contributed by atoms with Crippen molar-refractivity contribution < 1.29 is 9.59 Å². The van der Waals surface area contributed by atoms with Crippen molar-refractivity contribution in [2.75, 3.05) is 26.2 Å². The maximum absolute atomic E-state index is 12.5. The normalized spacial score (nSPS) is 18.3. The number of hydrogen-bond donors (Lipinski definition) is 1. The number of nitrogens with one attached hydrogen (secondary N) is 1. The molecule has 2 aliphatic rings. The highest BCUT2D eigenvalue weighted by Crippen LogP contribution is 2.22. The molecule has 0 radical (unpaired) electrons. The highest BCUT2D eigenvalue weighted by atomic mass is 16.2. The Labute approximate surface area is 159 Å². The zero-order valence-corrected chi connectivity index (χ0v) is 15.9. The third-order valence-corrected chi connectivity index (χ3v) is 5.78. The molecule has 2 saturated heterocycles. The molecule has 4 rings (SSSR count). The molecule has 7 nitrogen and oxygen atoms in total. The van der Waals surface area contributed by atoms with Gasteiger partial charge in [0.15, 0.2) is 0 Å². The predicted molar refractivity (Wildman–Crippen MR) is 102 cm³/mol. The Bertz CT molecular complexity index is 832. The number of nitrogens with zero attached hydrogens (tertiary/aromatic N) is 4. The van der Waals surface area contributed by atoms with Gasteiger partial charge in [-0.3, -0.25) is 4.79 Å². The minimum atomic E-state index is -0.0651. The van der Waals surface area contributed by atoms with E-state index in [2.05, 4.69) is 10.3 Å². The molecule has 3 amide bonds. The number of aryl methyl sites for hydroxylation is 1. The number of fused-ring (bicyclic) bond motifs is 1. The molecule has 144 valence electrons. The number of piperidine rings is 1. The van der Waals surface area contributed by atoms with Crippen molar-refractivity contribution in [3.8, 4) is 0 Å². The Hall–Kier alpha value is -2.57. The molecule has 2 aromatic rings. The predicted octanol–water partition coefficient (Wildman–Crippen LogP) is 2.19. The molecule has 2 aliphatic heterocycles. The summed E-state index contributed by atoms with van der Waals surface area (Å²) in [6.45, 7) is 5.55. The summed E-state index contributed by atoms with van der Waals surface area (Å²) in [6, 6.07) is 3.94. The van der Waals surface area contributed by atoms with E-state index in [0.717, 1.165) is 55.7 Å². The van der Waals surface area contributed by atoms with Gasteiger partial charge in [-0.25, -0.2) is 9.78 Å². The molecule has 0 saturated carbocycles. The van der Waals surface area contributed by atoms with Gasteiger partial charge in [-0.15, -0.1) is 0 Å². The number of carbonyl (C=O) groups is 2. The van der Waals surface area contributed by atoms with Crippen LogP contribution >= 0.6 is 0 Å². The van der Waals surface area contributed by atoms with Gasteiger partial charge in [0.05, 0.1) is 18.4 Å². The largest absolute Gasteiger partial charge is 0.342 e. The summed E-state index contributed by atoms with van der Waals surface area (Å²) >= 11 is 0. The smallest absolute Gasteiger partial charge is 0.317 e. The summed E-state index contributed by atoms with van der Waals surface area (Å²) in [6.07, 6.45) is 7.54. The fourth-order valence-electron chi connectivity index (χ4n) is 4.14. The van der Waals surface area contributed by atoms with Gasteiger partial charge in [-0.05, 0) is 44.2 Å². The molecule has 0 aromatic carbocycles. The summed E-state index contributed by atoms with van der Waals surface area (Å²) < 4.78 is 2.01. The molecule has 0 atom stereocenters. The van der Waals surface area contributed by atoms with Crippen LogP contribution in [-0.4, -0.2) is 57.3 Å². The van der Waals surface area contributed by atoms with E-state index in [-0.39, 0.29) is 17.9 Å². The first-order valence-corrected chi connectivity index (χ1v) is 9.86. The van der Waals surface area contributed by atoms with Gasteiger partial charge in [0, 0.05) is 38.3 Å². The van der Waals surface area contributed by atoms with E-state index >= 15 is 0 Å². The second-order valence-corrected chi connectivity index (χ2v) is 7.59. The molecule has 0 unspecified atom stereocenters. The van der Waals surface area contributed by atoms with Gasteiger partial charge in [0.2, 0.25) is 5.91 Å². The number of urea groups is 1. The maximum atomic E-state index is 12.5. The average molecular weight is 369 g/mol. The van der Waals surface area contributed by atoms with Crippen LogP contribution in [0.25, 0.3) is 5.65 Å². The molecule has 2 aromatic heterocycles. The molecule has 0 bridgehead atoms. The van der Waals surface area contributed by atoms with Gasteiger partial charge in [0.25, 0.3) is 0 Å². The molecule has 7 heteroatoms. The Morgan fingerprint density at radius 3 is 2.63 bits per heavy atom. The van der Waals surface area contributed by atoms with Crippen LogP contribution in [0.15, 0.2) is 24.5 Å². The van der Waals surface area contributed by atoms with Crippen molar-refractivity contribution in [1.82, 2.24) is 24.5 Å². The molecular formula is C20H27N5O2. The zero-order chi connectivity index (χ0) is 18.8. The van der Waals surface area contributed by atoms with E-state index in [0.29, 0.717) is 19.6 Å². The van der Waals surface area contributed by atoms with Crippen LogP contribution in [0, 0.1) is 12.8 Å². The van der Waals surface area contributed by atoms with Crippen LogP contribution in [0.5, 0.6) is 0 Å². The van der Waals surface area contributed by atoms with Crippen LogP contribution in [0.4, 0.5) is 4.79 Å². The van der Waals surface area contributed by atoms with Crippen LogP contribution < -0.4 is 5.32 Å². The molecule has 0 spiro atoms. The van der Waals surface area contributed by atoms with Crippen molar-refractivity contribution in [2.45, 2.75) is 39.2 Å². The van der Waals surface area contributed by atoms with E-state index in [9.17, 15) is 9.59 Å². The number of imidazole rings is 1. The van der Waals surface area contributed by atoms with Crippen molar-refractivity contribution in [3.63, 3.8) is 0 Å². The topological polar surface area (TPSA) is 70.0 Å². The summed E-state index contributed by atoms with van der Waals surface area (Å²) in [5, 5.41) is 3.00. The van der Waals surface area contributed by atoms with Gasteiger partial charge in [0.1, 0.15) is 5.65 Å². The average Bonchev–Trinajstić information content (AvgIpc) is 3.36. The number of pyridine rings is 1. The lowest BCUT2D eigenvalue weighted by Gasteiger charge is -2.33. The minimum Gasteiger partial charge on any atom is -0.342 e. The van der Waals surface area contributed by atoms with Crippen molar-refractivity contribution in [1.29, 1.82) is 0 Å². The number of rotatable bonds is 3. The second kappa shape index (κ2) is 7.58. The summed E-state index contributed by atoms with van der Waals surface area (Å²) in [5.41, 5.74) is 2.99. The Balaban J connectivity index is 1.29. The summed E-state index contributed by atoms with van der Waals surface area (Å²) in [4.78, 5) is 33.3. The van der Waals surface area contributed by atoms with Crippen molar-refractivity contribution >= 4 is 17.6 Å². The fraction of sp³-hybridized carbons (Fsp3) is 0.550. The first kappa shape index (κ1) is 17.8. The highest BCUT2D eigenvalue weighted by Gasteiger charge is 2.31. The molecule has 1 N–H and O–H groups in total. The lowest BCUT2D eigenvalue weighted by molar-refractivity contribution is -0.135. The Kier molecular flexibility index (Phi) is 5.01. The maximum Gasteiger partial charge on any atom is 0.317 e. The lowest BCUT2D eigenvalue weighted by atomic mass is 9.95. The highest BCUT2D eigenvalue weighted by molar-refractivity contribution is 5.80. The van der Waals surface area contributed by atoms with E-state index < -0.39 is 0 Å². The van der Waals surface area contributed by atoms with Crippen molar-refractivity contribution in [3.05, 3.63) is 35.8 Å². The van der Waals surface area contributed by atoms with Crippen LogP contribution in [0.1, 0.15) is 36.9 Å². The molecule has 27 heavy (non-hydrogen) atoms. The number of aromatic nitrogens is 2. The number of carbonyl (C=O) groups excluding carboxylic acids is 2. The zero-order valence-electron chi connectivity index (χ0n) is 15.9. The summed E-state index contributed by atoms with van der Waals surface area (Å²) in [5.74, 6) is 0.363. The number of amides is 3. The van der Waals surface area contributed by atoms with E-state index in [4.69, 9.17) is 0 Å². The monoisotopic (exact) mass is 369 g/mol. The van der Waals surface area contributed by atoms with Crippen molar-refractivity contribution in [2.24, 2.45) is 5.92 Å². The molecule has 0 aliphatic carbocycles. The van der Waals surface area contributed by atoms with Gasteiger partial charge < -0.3 is 19.5 Å². The minimum absolute atomic E-state index is 0.0651. The standard InChI is InChI=1S/C20H27N5O2/c1-15-5-4-10-25-17(13-21-18(15)25)14-22-20(27)24-11-6-16(7-12-24)19(26)23-8-2-3-9-23/h4-5,10,13,16H,2-3,6-9,11-12,14H2,1H3,(H,22,27). The SMILES string of the molecule is Cc1cccn2c(CNC(=O)N3CCC(C(=O)N4CCCC4)CC3)cnc12. The van der Waals surface area contributed by atoms with Gasteiger partial charge in [-0.2, -0.15) is 0 Å². The molecular weight excluding hydrogens is 342 g/mol. The second-order valence-electron chi connectivity index (χ2n) is 7.59. The summed E-state index contributed by atoms with van der Waals surface area (Å²) in [7, 11) is 0.